The Bertz CT molecular complexity index is 380. The highest BCUT2D eigenvalue weighted by atomic mass is 16.5. The molecular formula is C14H22N2O2. The summed E-state index contributed by atoms with van der Waals surface area (Å²) in [4.78, 5) is 13.9. The minimum absolute atomic E-state index is 0.126. The van der Waals surface area contributed by atoms with E-state index in [1.165, 1.54) is 0 Å². The second-order valence-corrected chi connectivity index (χ2v) is 4.30. The van der Waals surface area contributed by atoms with Crippen LogP contribution in [0.4, 0.5) is 5.69 Å². The van der Waals surface area contributed by atoms with Crippen LogP contribution >= 0.6 is 0 Å². The molecular weight excluding hydrogens is 228 g/mol. The standard InChI is InChI=1S/C14H22N2O2/c1-3-8-16(14(17)7-9-18-2)11-12-5-4-6-13(15)10-12/h4-6,10H,3,7-9,11,15H2,1-2H3. The molecule has 0 aromatic heterocycles. The molecule has 0 heterocycles. The van der Waals surface area contributed by atoms with E-state index in [0.29, 0.717) is 19.6 Å². The number of anilines is 1. The van der Waals surface area contributed by atoms with Crippen molar-refractivity contribution >= 4 is 11.6 Å². The summed E-state index contributed by atoms with van der Waals surface area (Å²) in [5.41, 5.74) is 7.54. The van der Waals surface area contributed by atoms with Crippen molar-refractivity contribution in [1.82, 2.24) is 4.90 Å². The van der Waals surface area contributed by atoms with Gasteiger partial charge in [-0.15, -0.1) is 0 Å². The number of nitrogens with two attached hydrogens (primary N) is 1. The predicted octanol–water partition coefficient (Wildman–Crippen LogP) is 2.04. The Kier molecular flexibility index (Phi) is 6.22. The number of rotatable bonds is 7. The van der Waals surface area contributed by atoms with E-state index in [2.05, 4.69) is 6.92 Å². The van der Waals surface area contributed by atoms with Crippen LogP contribution in [0.25, 0.3) is 0 Å². The molecule has 1 aromatic rings. The van der Waals surface area contributed by atoms with Gasteiger partial charge in [-0.3, -0.25) is 4.79 Å². The normalized spacial score (nSPS) is 10.3. The molecule has 0 atom stereocenters. The van der Waals surface area contributed by atoms with E-state index in [0.717, 1.165) is 24.2 Å². The molecule has 0 radical (unpaired) electrons. The molecule has 0 bridgehead atoms. The number of nitrogen functional groups attached to an aromatic ring is 1. The minimum atomic E-state index is 0.126. The Morgan fingerprint density at radius 1 is 1.44 bits per heavy atom. The minimum Gasteiger partial charge on any atom is -0.399 e. The first kappa shape index (κ1) is 14.5. The van der Waals surface area contributed by atoms with Crippen LogP contribution in [0.3, 0.4) is 0 Å². The van der Waals surface area contributed by atoms with Crippen molar-refractivity contribution in [3.05, 3.63) is 29.8 Å². The van der Waals surface area contributed by atoms with Crippen LogP contribution in [-0.2, 0) is 16.1 Å². The van der Waals surface area contributed by atoms with E-state index in [1.54, 1.807) is 7.11 Å². The fourth-order valence-electron chi connectivity index (χ4n) is 1.82. The van der Waals surface area contributed by atoms with E-state index < -0.39 is 0 Å². The van der Waals surface area contributed by atoms with Crippen molar-refractivity contribution in [1.29, 1.82) is 0 Å². The van der Waals surface area contributed by atoms with Crippen molar-refractivity contribution in [3.8, 4) is 0 Å². The van der Waals surface area contributed by atoms with E-state index in [9.17, 15) is 4.79 Å². The molecule has 4 nitrogen and oxygen atoms in total. The Morgan fingerprint density at radius 2 is 2.22 bits per heavy atom. The summed E-state index contributed by atoms with van der Waals surface area (Å²) in [7, 11) is 1.61. The SMILES string of the molecule is CCCN(Cc1cccc(N)c1)C(=O)CCOC. The Morgan fingerprint density at radius 3 is 2.83 bits per heavy atom. The third-order valence-electron chi connectivity index (χ3n) is 2.69. The van der Waals surface area contributed by atoms with Gasteiger partial charge in [-0.1, -0.05) is 19.1 Å². The Hall–Kier alpha value is -1.55. The van der Waals surface area contributed by atoms with Crippen LogP contribution in [0.5, 0.6) is 0 Å². The lowest BCUT2D eigenvalue weighted by atomic mass is 10.2. The number of methoxy groups -OCH3 is 1. The zero-order chi connectivity index (χ0) is 13.4. The van der Waals surface area contributed by atoms with E-state index in [-0.39, 0.29) is 5.91 Å². The molecule has 0 spiro atoms. The summed E-state index contributed by atoms with van der Waals surface area (Å²) >= 11 is 0. The number of nitrogens with zero attached hydrogens (tertiary/aromatic N) is 1. The first-order valence-corrected chi connectivity index (χ1v) is 6.28. The summed E-state index contributed by atoms with van der Waals surface area (Å²) < 4.78 is 4.94. The molecule has 100 valence electrons. The van der Waals surface area contributed by atoms with Gasteiger partial charge >= 0.3 is 0 Å². The molecule has 0 saturated heterocycles. The lowest BCUT2D eigenvalue weighted by Gasteiger charge is -2.22. The molecule has 1 aromatic carbocycles. The fourth-order valence-corrected chi connectivity index (χ4v) is 1.82. The second-order valence-electron chi connectivity index (χ2n) is 4.30. The third kappa shape index (κ3) is 4.75. The molecule has 0 aliphatic carbocycles. The molecule has 1 rings (SSSR count). The van der Waals surface area contributed by atoms with Crippen molar-refractivity contribution in [3.63, 3.8) is 0 Å². The van der Waals surface area contributed by atoms with Crippen molar-refractivity contribution < 1.29 is 9.53 Å². The van der Waals surface area contributed by atoms with Gasteiger partial charge in [0.05, 0.1) is 13.0 Å². The molecule has 18 heavy (non-hydrogen) atoms. The number of ether oxygens (including phenoxy) is 1. The van der Waals surface area contributed by atoms with Gasteiger partial charge in [0.15, 0.2) is 0 Å². The number of carbonyl (C=O) groups excluding carboxylic acids is 1. The molecule has 0 aliphatic heterocycles. The molecule has 0 saturated carbocycles. The average molecular weight is 250 g/mol. The summed E-state index contributed by atoms with van der Waals surface area (Å²) in [6.45, 7) is 3.91. The highest BCUT2D eigenvalue weighted by molar-refractivity contribution is 5.76. The zero-order valence-electron chi connectivity index (χ0n) is 11.2. The molecule has 0 fully saturated rings. The lowest BCUT2D eigenvalue weighted by molar-refractivity contribution is -0.132. The molecule has 0 aliphatic rings. The quantitative estimate of drug-likeness (QED) is 0.753. The van der Waals surface area contributed by atoms with Gasteiger partial charge < -0.3 is 15.4 Å². The Balaban J connectivity index is 2.64. The molecule has 0 unspecified atom stereocenters. The van der Waals surface area contributed by atoms with Gasteiger partial charge in [-0.2, -0.15) is 0 Å². The monoisotopic (exact) mass is 250 g/mol. The van der Waals surface area contributed by atoms with Gasteiger partial charge in [0.25, 0.3) is 0 Å². The lowest BCUT2D eigenvalue weighted by Crippen LogP contribution is -2.31. The largest absolute Gasteiger partial charge is 0.399 e. The van der Waals surface area contributed by atoms with E-state index >= 15 is 0 Å². The molecule has 2 N–H and O–H groups in total. The topological polar surface area (TPSA) is 55.6 Å². The number of hydrogen-bond acceptors (Lipinski definition) is 3. The molecule has 1 amide bonds. The maximum absolute atomic E-state index is 12.0. The number of amides is 1. The van der Waals surface area contributed by atoms with Crippen LogP contribution in [0.1, 0.15) is 25.3 Å². The van der Waals surface area contributed by atoms with Gasteiger partial charge in [0, 0.05) is 25.9 Å². The number of benzene rings is 1. The highest BCUT2D eigenvalue weighted by Gasteiger charge is 2.12. The first-order valence-electron chi connectivity index (χ1n) is 6.28. The van der Waals surface area contributed by atoms with Gasteiger partial charge in [0.2, 0.25) is 5.91 Å². The fraction of sp³-hybridized carbons (Fsp3) is 0.500. The smallest absolute Gasteiger partial charge is 0.225 e. The second kappa shape index (κ2) is 7.71. The summed E-state index contributed by atoms with van der Waals surface area (Å²) in [5.74, 6) is 0.126. The van der Waals surface area contributed by atoms with Crippen LogP contribution in [0, 0.1) is 0 Å². The maximum atomic E-state index is 12.0. The number of carbonyl (C=O) groups is 1. The van der Waals surface area contributed by atoms with Crippen LogP contribution in [-0.4, -0.2) is 31.1 Å². The van der Waals surface area contributed by atoms with Crippen molar-refractivity contribution in [2.45, 2.75) is 26.3 Å². The van der Waals surface area contributed by atoms with Gasteiger partial charge in [-0.05, 0) is 24.1 Å². The summed E-state index contributed by atoms with van der Waals surface area (Å²) in [6, 6.07) is 7.66. The third-order valence-corrected chi connectivity index (χ3v) is 2.69. The van der Waals surface area contributed by atoms with E-state index in [4.69, 9.17) is 10.5 Å². The van der Waals surface area contributed by atoms with Crippen LogP contribution in [0.15, 0.2) is 24.3 Å². The van der Waals surface area contributed by atoms with Crippen molar-refractivity contribution in [2.24, 2.45) is 0 Å². The zero-order valence-corrected chi connectivity index (χ0v) is 11.2. The van der Waals surface area contributed by atoms with Gasteiger partial charge in [0.1, 0.15) is 0 Å². The van der Waals surface area contributed by atoms with E-state index in [1.807, 2.05) is 29.2 Å². The summed E-state index contributed by atoms with van der Waals surface area (Å²) in [6.07, 6.45) is 1.37. The first-order chi connectivity index (χ1) is 8.67. The number of hydrogen-bond donors (Lipinski definition) is 1. The van der Waals surface area contributed by atoms with Gasteiger partial charge in [-0.25, -0.2) is 0 Å². The molecule has 4 heteroatoms. The highest BCUT2D eigenvalue weighted by Crippen LogP contribution is 2.11. The summed E-state index contributed by atoms with van der Waals surface area (Å²) in [5, 5.41) is 0. The average Bonchev–Trinajstić information content (AvgIpc) is 2.35. The Labute approximate surface area is 109 Å². The van der Waals surface area contributed by atoms with Crippen LogP contribution < -0.4 is 5.73 Å². The maximum Gasteiger partial charge on any atom is 0.225 e. The predicted molar refractivity (Wildman–Crippen MR) is 73.1 cm³/mol. The van der Waals surface area contributed by atoms with Crippen molar-refractivity contribution in [2.75, 3.05) is 26.0 Å². The van der Waals surface area contributed by atoms with Crippen LogP contribution in [0.2, 0.25) is 0 Å².